The molecular weight excluding hydrogens is 503 g/mol. The summed E-state index contributed by atoms with van der Waals surface area (Å²) in [5.74, 6) is 0.951. The second-order valence-electron chi connectivity index (χ2n) is 7.17. The Bertz CT molecular complexity index is 763. The Morgan fingerprint density at radius 2 is 1.86 bits per heavy atom. The Labute approximate surface area is 192 Å². The number of aryl methyl sites for hydroxylation is 1. The minimum atomic E-state index is -2.97. The van der Waals surface area contributed by atoms with E-state index in [4.69, 9.17) is 4.74 Å². The molecular formula is C20H35IN4O3S. The van der Waals surface area contributed by atoms with Crippen molar-refractivity contribution >= 4 is 45.5 Å². The van der Waals surface area contributed by atoms with E-state index < -0.39 is 9.84 Å². The van der Waals surface area contributed by atoms with E-state index >= 15 is 0 Å². The van der Waals surface area contributed by atoms with Gasteiger partial charge in [0, 0.05) is 44.7 Å². The first-order valence-electron chi connectivity index (χ1n) is 9.91. The molecule has 29 heavy (non-hydrogen) atoms. The van der Waals surface area contributed by atoms with Gasteiger partial charge in [0.1, 0.15) is 9.84 Å². The number of nitrogens with one attached hydrogen (secondary N) is 1. The number of piperazine rings is 1. The minimum Gasteiger partial charge on any atom is -0.378 e. The molecule has 166 valence electrons. The van der Waals surface area contributed by atoms with Gasteiger partial charge in [-0.15, -0.1) is 24.0 Å². The molecule has 0 unspecified atom stereocenters. The van der Waals surface area contributed by atoms with Gasteiger partial charge in [-0.2, -0.15) is 0 Å². The third-order valence-corrected chi connectivity index (χ3v) is 5.83. The predicted octanol–water partition coefficient (Wildman–Crippen LogP) is 2.07. The first-order valence-corrected chi connectivity index (χ1v) is 12.0. The van der Waals surface area contributed by atoms with Crippen molar-refractivity contribution in [3.63, 3.8) is 0 Å². The molecule has 1 aliphatic rings. The molecule has 0 aliphatic carbocycles. The number of benzene rings is 1. The van der Waals surface area contributed by atoms with E-state index in [0.29, 0.717) is 13.2 Å². The molecule has 0 radical (unpaired) electrons. The third kappa shape index (κ3) is 8.67. The van der Waals surface area contributed by atoms with Gasteiger partial charge < -0.3 is 19.9 Å². The summed E-state index contributed by atoms with van der Waals surface area (Å²) in [4.78, 5) is 9.36. The molecule has 0 amide bonds. The lowest BCUT2D eigenvalue weighted by molar-refractivity contribution is 0.157. The second kappa shape index (κ2) is 12.6. The highest BCUT2D eigenvalue weighted by Gasteiger charge is 2.21. The number of guanidine groups is 1. The largest absolute Gasteiger partial charge is 0.378 e. The average molecular weight is 538 g/mol. The van der Waals surface area contributed by atoms with E-state index in [-0.39, 0.29) is 36.3 Å². The van der Waals surface area contributed by atoms with Gasteiger partial charge in [-0.25, -0.2) is 8.42 Å². The molecule has 9 heteroatoms. The van der Waals surface area contributed by atoms with Crippen molar-refractivity contribution in [3.8, 4) is 0 Å². The summed E-state index contributed by atoms with van der Waals surface area (Å²) in [6.07, 6.45) is 1.22. The molecule has 1 aromatic carbocycles. The molecule has 1 fully saturated rings. The predicted molar refractivity (Wildman–Crippen MR) is 132 cm³/mol. The topological polar surface area (TPSA) is 74.2 Å². The van der Waals surface area contributed by atoms with Crippen LogP contribution in [0.5, 0.6) is 0 Å². The molecule has 0 bridgehead atoms. The Morgan fingerprint density at radius 1 is 1.17 bits per heavy atom. The molecule has 7 nitrogen and oxygen atoms in total. The maximum atomic E-state index is 11.1. The summed E-state index contributed by atoms with van der Waals surface area (Å²) >= 11 is 0. The number of aliphatic imine (C=N–C) groups is 1. The van der Waals surface area contributed by atoms with Crippen molar-refractivity contribution in [2.45, 2.75) is 20.8 Å². The summed E-state index contributed by atoms with van der Waals surface area (Å²) in [6, 6.07) is 6.48. The molecule has 1 saturated heterocycles. The quantitative estimate of drug-likeness (QED) is 0.237. The summed E-state index contributed by atoms with van der Waals surface area (Å²) in [5, 5.41) is 3.35. The molecule has 0 atom stereocenters. The highest BCUT2D eigenvalue weighted by molar-refractivity contribution is 14.0. The van der Waals surface area contributed by atoms with E-state index in [1.165, 1.54) is 23.1 Å². The standard InChI is InChI=1S/C20H34N4O3S.HI/c1-5-21-20(22-9-14-27-15-16-28(4,25)26)24-12-10-23(11-13-24)19-8-6-7-17(2)18(19)3;/h6-8H,5,9-16H2,1-4H3,(H,21,22);1H. The van der Waals surface area contributed by atoms with E-state index in [1.807, 2.05) is 0 Å². The number of nitrogens with zero attached hydrogens (tertiary/aromatic N) is 3. The lowest BCUT2D eigenvalue weighted by atomic mass is 10.1. The fourth-order valence-corrected chi connectivity index (χ4v) is 3.61. The van der Waals surface area contributed by atoms with Crippen LogP contribution in [0.25, 0.3) is 0 Å². The lowest BCUT2D eigenvalue weighted by Crippen LogP contribution is -2.52. The molecule has 1 aliphatic heterocycles. The van der Waals surface area contributed by atoms with Gasteiger partial charge in [0.05, 0.1) is 25.5 Å². The van der Waals surface area contributed by atoms with Crippen LogP contribution in [0.4, 0.5) is 5.69 Å². The molecule has 1 heterocycles. The van der Waals surface area contributed by atoms with Gasteiger partial charge in [0.2, 0.25) is 0 Å². The monoisotopic (exact) mass is 538 g/mol. The van der Waals surface area contributed by atoms with Gasteiger partial charge in [-0.1, -0.05) is 12.1 Å². The number of hydrogen-bond donors (Lipinski definition) is 1. The highest BCUT2D eigenvalue weighted by atomic mass is 127. The summed E-state index contributed by atoms with van der Waals surface area (Å²) < 4.78 is 27.6. The van der Waals surface area contributed by atoms with Gasteiger partial charge in [0.25, 0.3) is 0 Å². The van der Waals surface area contributed by atoms with Crippen molar-refractivity contribution in [2.24, 2.45) is 4.99 Å². The lowest BCUT2D eigenvalue weighted by Gasteiger charge is -2.38. The van der Waals surface area contributed by atoms with E-state index in [9.17, 15) is 8.42 Å². The zero-order chi connectivity index (χ0) is 20.6. The van der Waals surface area contributed by atoms with Crippen LogP contribution >= 0.6 is 24.0 Å². The number of hydrogen-bond acceptors (Lipinski definition) is 5. The fourth-order valence-electron chi connectivity index (χ4n) is 3.19. The van der Waals surface area contributed by atoms with E-state index in [2.05, 4.69) is 59.1 Å². The van der Waals surface area contributed by atoms with Crippen LogP contribution in [-0.2, 0) is 14.6 Å². The van der Waals surface area contributed by atoms with Crippen molar-refractivity contribution in [3.05, 3.63) is 29.3 Å². The van der Waals surface area contributed by atoms with Gasteiger partial charge in [0.15, 0.2) is 5.96 Å². The Hall–Kier alpha value is -1.07. The van der Waals surface area contributed by atoms with Gasteiger partial charge in [-0.3, -0.25) is 4.99 Å². The van der Waals surface area contributed by atoms with E-state index in [1.54, 1.807) is 0 Å². The Balaban J connectivity index is 0.00000420. The Kier molecular flexibility index (Phi) is 11.3. The zero-order valence-corrected chi connectivity index (χ0v) is 21.1. The second-order valence-corrected chi connectivity index (χ2v) is 9.43. The Morgan fingerprint density at radius 3 is 2.48 bits per heavy atom. The van der Waals surface area contributed by atoms with Crippen LogP contribution in [0.1, 0.15) is 18.1 Å². The SMILES string of the molecule is CCNC(=NCCOCCS(C)(=O)=O)N1CCN(c2cccc(C)c2C)CC1.I. The normalized spacial score (nSPS) is 15.2. The number of anilines is 1. The minimum absolute atomic E-state index is 0. The van der Waals surface area contributed by atoms with Crippen LogP contribution in [0.3, 0.4) is 0 Å². The molecule has 0 saturated carbocycles. The van der Waals surface area contributed by atoms with Crippen molar-refractivity contribution in [2.75, 3.05) is 69.4 Å². The third-order valence-electron chi connectivity index (χ3n) is 4.93. The number of rotatable bonds is 8. The summed E-state index contributed by atoms with van der Waals surface area (Å²) in [6.45, 7) is 12.1. The summed E-state index contributed by atoms with van der Waals surface area (Å²) in [7, 11) is -2.97. The molecule has 0 spiro atoms. The van der Waals surface area contributed by atoms with Crippen LogP contribution in [0.15, 0.2) is 23.2 Å². The van der Waals surface area contributed by atoms with Crippen molar-refractivity contribution < 1.29 is 13.2 Å². The number of ether oxygens (including phenoxy) is 1. The van der Waals surface area contributed by atoms with Gasteiger partial charge in [-0.05, 0) is 38.0 Å². The maximum absolute atomic E-state index is 11.1. The van der Waals surface area contributed by atoms with Crippen LogP contribution in [0, 0.1) is 13.8 Å². The first kappa shape index (κ1) is 26.0. The number of halogens is 1. The highest BCUT2D eigenvalue weighted by Crippen LogP contribution is 2.23. The fraction of sp³-hybridized carbons (Fsp3) is 0.650. The van der Waals surface area contributed by atoms with Crippen molar-refractivity contribution in [1.82, 2.24) is 10.2 Å². The van der Waals surface area contributed by atoms with Crippen molar-refractivity contribution in [1.29, 1.82) is 0 Å². The van der Waals surface area contributed by atoms with E-state index in [0.717, 1.165) is 38.7 Å². The molecule has 1 aromatic rings. The van der Waals surface area contributed by atoms with Gasteiger partial charge >= 0.3 is 0 Å². The summed E-state index contributed by atoms with van der Waals surface area (Å²) in [5.41, 5.74) is 3.99. The molecule has 0 aromatic heterocycles. The average Bonchev–Trinajstić information content (AvgIpc) is 2.65. The molecule has 2 rings (SSSR count). The zero-order valence-electron chi connectivity index (χ0n) is 18.0. The van der Waals surface area contributed by atoms with Crippen LogP contribution < -0.4 is 10.2 Å². The number of sulfone groups is 1. The first-order chi connectivity index (χ1) is 13.3. The molecule has 1 N–H and O–H groups in total. The van der Waals surface area contributed by atoms with Crippen LogP contribution in [0.2, 0.25) is 0 Å². The maximum Gasteiger partial charge on any atom is 0.194 e. The van der Waals surface area contributed by atoms with Crippen LogP contribution in [-0.4, -0.2) is 83.8 Å². The smallest absolute Gasteiger partial charge is 0.194 e.